The van der Waals surface area contributed by atoms with Crippen molar-refractivity contribution in [3.63, 3.8) is 0 Å². The minimum absolute atomic E-state index is 0.0335. The fourth-order valence-corrected chi connectivity index (χ4v) is 3.07. The van der Waals surface area contributed by atoms with Crippen LogP contribution in [0, 0.1) is 0 Å². The molecule has 1 heterocycles. The smallest absolute Gasteiger partial charge is 0.241 e. The number of rotatable bonds is 5. The van der Waals surface area contributed by atoms with Crippen molar-refractivity contribution in [3.05, 3.63) is 47.0 Å². The number of hydrogen-bond acceptors (Lipinski definition) is 3. The zero-order valence-corrected chi connectivity index (χ0v) is 12.5. The van der Waals surface area contributed by atoms with E-state index in [9.17, 15) is 4.79 Å². The molecule has 0 radical (unpaired) electrons. The molecule has 20 heavy (non-hydrogen) atoms. The van der Waals surface area contributed by atoms with E-state index >= 15 is 0 Å². The third kappa shape index (κ3) is 2.75. The Morgan fingerprint density at radius 1 is 1.40 bits per heavy atom. The molecule has 1 aromatic heterocycles. The molecular formula is C14H15BrN4O. The lowest BCUT2D eigenvalue weighted by Gasteiger charge is -2.18. The van der Waals surface area contributed by atoms with Gasteiger partial charge < -0.3 is 5.32 Å². The molecule has 1 aromatic carbocycles. The molecule has 3 rings (SSSR count). The second-order valence-corrected chi connectivity index (χ2v) is 5.98. The van der Waals surface area contributed by atoms with Gasteiger partial charge in [0.15, 0.2) is 0 Å². The van der Waals surface area contributed by atoms with Gasteiger partial charge in [0, 0.05) is 16.4 Å². The Hall–Kier alpha value is -1.69. The van der Waals surface area contributed by atoms with Gasteiger partial charge in [-0.15, -0.1) is 0 Å². The lowest BCUT2D eigenvalue weighted by Crippen LogP contribution is -2.34. The van der Waals surface area contributed by atoms with Crippen LogP contribution in [0.4, 0.5) is 0 Å². The minimum Gasteiger partial charge on any atom is -0.354 e. The minimum atomic E-state index is -0.0335. The summed E-state index contributed by atoms with van der Waals surface area (Å²) >= 11 is 3.59. The first-order valence-electron chi connectivity index (χ1n) is 6.54. The molecule has 0 bridgehead atoms. The second-order valence-electron chi connectivity index (χ2n) is 5.13. The van der Waals surface area contributed by atoms with E-state index in [1.165, 1.54) is 16.6 Å². The number of benzene rings is 1. The average molecular weight is 335 g/mol. The fraction of sp³-hybridized carbons (Fsp3) is 0.357. The average Bonchev–Trinajstić information content (AvgIpc) is 3.06. The molecule has 0 spiro atoms. The van der Waals surface area contributed by atoms with Crippen LogP contribution in [0.25, 0.3) is 0 Å². The first-order valence-corrected chi connectivity index (χ1v) is 7.33. The van der Waals surface area contributed by atoms with Crippen LogP contribution in [0.15, 0.2) is 41.4 Å². The summed E-state index contributed by atoms with van der Waals surface area (Å²) in [6, 6.07) is 8.22. The Morgan fingerprint density at radius 3 is 2.85 bits per heavy atom. The molecule has 1 aliphatic carbocycles. The number of amides is 1. The number of nitrogens with zero attached hydrogens (tertiary/aromatic N) is 3. The Labute approximate surface area is 125 Å². The third-order valence-corrected chi connectivity index (χ3v) is 4.39. The van der Waals surface area contributed by atoms with Gasteiger partial charge in [-0.2, -0.15) is 5.10 Å². The molecule has 0 aliphatic heterocycles. The molecule has 0 saturated heterocycles. The maximum absolute atomic E-state index is 11.9. The predicted molar refractivity (Wildman–Crippen MR) is 78.1 cm³/mol. The van der Waals surface area contributed by atoms with Gasteiger partial charge >= 0.3 is 0 Å². The molecule has 1 N–H and O–H groups in total. The van der Waals surface area contributed by atoms with Gasteiger partial charge in [-0.3, -0.25) is 4.79 Å². The number of aromatic nitrogens is 3. The molecule has 1 fully saturated rings. The molecule has 1 amide bonds. The maximum Gasteiger partial charge on any atom is 0.241 e. The van der Waals surface area contributed by atoms with Crippen molar-refractivity contribution in [2.75, 3.05) is 6.54 Å². The van der Waals surface area contributed by atoms with Crippen molar-refractivity contribution in [1.29, 1.82) is 0 Å². The summed E-state index contributed by atoms with van der Waals surface area (Å²) in [4.78, 5) is 15.7. The quantitative estimate of drug-likeness (QED) is 0.908. The van der Waals surface area contributed by atoms with Crippen LogP contribution in [0.2, 0.25) is 0 Å². The van der Waals surface area contributed by atoms with Gasteiger partial charge in [0.2, 0.25) is 5.91 Å². The zero-order valence-electron chi connectivity index (χ0n) is 10.9. The van der Waals surface area contributed by atoms with E-state index in [1.807, 2.05) is 18.2 Å². The van der Waals surface area contributed by atoms with Gasteiger partial charge in [-0.05, 0) is 24.5 Å². The van der Waals surface area contributed by atoms with Gasteiger partial charge in [0.05, 0.1) is 0 Å². The number of carbonyl (C=O) groups is 1. The normalized spacial score (nSPS) is 15.8. The highest BCUT2D eigenvalue weighted by molar-refractivity contribution is 9.10. The van der Waals surface area contributed by atoms with Crippen LogP contribution in [0.5, 0.6) is 0 Å². The number of hydrogen-bond donors (Lipinski definition) is 1. The summed E-state index contributed by atoms with van der Waals surface area (Å²) in [6.07, 6.45) is 5.19. The first-order chi connectivity index (χ1) is 9.70. The highest BCUT2D eigenvalue weighted by atomic mass is 79.9. The van der Waals surface area contributed by atoms with Crippen LogP contribution < -0.4 is 5.32 Å². The number of nitrogens with one attached hydrogen (secondary N) is 1. The summed E-state index contributed by atoms with van der Waals surface area (Å²) in [7, 11) is 0. The third-order valence-electron chi connectivity index (χ3n) is 3.69. The highest BCUT2D eigenvalue weighted by Crippen LogP contribution is 2.49. The summed E-state index contributed by atoms with van der Waals surface area (Å²) in [6.45, 7) is 0.884. The molecule has 2 aromatic rings. The first kappa shape index (κ1) is 13.3. The van der Waals surface area contributed by atoms with Gasteiger partial charge in [-0.25, -0.2) is 9.67 Å². The summed E-state index contributed by atoms with van der Waals surface area (Å²) in [5.41, 5.74) is 1.37. The molecule has 104 valence electrons. The van der Waals surface area contributed by atoms with Crippen LogP contribution >= 0.6 is 15.9 Å². The van der Waals surface area contributed by atoms with Crippen molar-refractivity contribution in [1.82, 2.24) is 20.1 Å². The van der Waals surface area contributed by atoms with Crippen LogP contribution in [0.1, 0.15) is 18.4 Å². The standard InChI is InChI=1S/C14H15BrN4O/c15-12-4-2-1-3-11(12)14(5-6-14)8-17-13(20)7-19-10-16-9-18-19/h1-4,9-10H,5-8H2,(H,17,20). The monoisotopic (exact) mass is 334 g/mol. The Morgan fingerprint density at radius 2 is 2.20 bits per heavy atom. The molecule has 5 nitrogen and oxygen atoms in total. The lowest BCUT2D eigenvalue weighted by molar-refractivity contribution is -0.121. The molecule has 1 saturated carbocycles. The predicted octanol–water partition coefficient (Wildman–Crippen LogP) is 1.89. The summed E-state index contributed by atoms with van der Waals surface area (Å²) in [5, 5.41) is 6.93. The Bertz CT molecular complexity index is 607. The van der Waals surface area contributed by atoms with E-state index in [4.69, 9.17) is 0 Å². The van der Waals surface area contributed by atoms with Crippen LogP contribution in [-0.2, 0) is 16.8 Å². The number of halogens is 1. The maximum atomic E-state index is 11.9. The van der Waals surface area contributed by atoms with Crippen LogP contribution in [-0.4, -0.2) is 27.2 Å². The van der Waals surface area contributed by atoms with Crippen molar-refractivity contribution in [3.8, 4) is 0 Å². The van der Waals surface area contributed by atoms with Gasteiger partial charge in [0.1, 0.15) is 19.2 Å². The van der Waals surface area contributed by atoms with E-state index in [0.717, 1.165) is 17.3 Å². The largest absolute Gasteiger partial charge is 0.354 e. The summed E-state index contributed by atoms with van der Waals surface area (Å²) < 4.78 is 2.64. The lowest BCUT2D eigenvalue weighted by atomic mass is 9.96. The molecule has 6 heteroatoms. The van der Waals surface area contributed by atoms with Crippen molar-refractivity contribution in [2.45, 2.75) is 24.8 Å². The van der Waals surface area contributed by atoms with Gasteiger partial charge in [0.25, 0.3) is 0 Å². The molecule has 0 atom stereocenters. The SMILES string of the molecule is O=C(Cn1cncn1)NCC1(c2ccccc2Br)CC1. The Balaban J connectivity index is 1.61. The van der Waals surface area contributed by atoms with E-state index < -0.39 is 0 Å². The highest BCUT2D eigenvalue weighted by Gasteiger charge is 2.45. The van der Waals surface area contributed by atoms with E-state index in [0.29, 0.717) is 6.54 Å². The topological polar surface area (TPSA) is 59.8 Å². The van der Waals surface area contributed by atoms with E-state index in [-0.39, 0.29) is 17.9 Å². The zero-order chi connectivity index (χ0) is 14.0. The molecular weight excluding hydrogens is 320 g/mol. The second kappa shape index (κ2) is 5.36. The number of carbonyl (C=O) groups excluding carboxylic acids is 1. The van der Waals surface area contributed by atoms with Crippen molar-refractivity contribution >= 4 is 21.8 Å². The van der Waals surface area contributed by atoms with Gasteiger partial charge in [-0.1, -0.05) is 34.1 Å². The molecule has 1 aliphatic rings. The Kier molecular flexibility index (Phi) is 3.56. The van der Waals surface area contributed by atoms with E-state index in [2.05, 4.69) is 37.4 Å². The molecule has 0 unspecified atom stereocenters. The van der Waals surface area contributed by atoms with Crippen LogP contribution in [0.3, 0.4) is 0 Å². The van der Waals surface area contributed by atoms with Crippen molar-refractivity contribution < 1.29 is 4.79 Å². The van der Waals surface area contributed by atoms with Crippen molar-refractivity contribution in [2.24, 2.45) is 0 Å². The van der Waals surface area contributed by atoms with E-state index in [1.54, 1.807) is 6.33 Å². The summed E-state index contributed by atoms with van der Waals surface area (Å²) in [5.74, 6) is -0.0335. The fourth-order valence-electron chi connectivity index (χ4n) is 2.37.